The van der Waals surface area contributed by atoms with Gasteiger partial charge in [-0.05, 0) is 44.0 Å². The molecule has 2 amide bonds. The van der Waals surface area contributed by atoms with E-state index in [0.717, 1.165) is 16.8 Å². The van der Waals surface area contributed by atoms with Crippen LogP contribution >= 0.6 is 11.3 Å². The van der Waals surface area contributed by atoms with Gasteiger partial charge in [0.2, 0.25) is 5.91 Å². The second-order valence-electron chi connectivity index (χ2n) is 6.24. The van der Waals surface area contributed by atoms with Crippen molar-refractivity contribution in [1.29, 1.82) is 0 Å². The van der Waals surface area contributed by atoms with Crippen molar-refractivity contribution >= 4 is 28.3 Å². The molecule has 1 aromatic carbocycles. The fraction of sp³-hybridized carbons (Fsp3) is 0.250. The number of benzene rings is 1. The van der Waals surface area contributed by atoms with Gasteiger partial charge in [0.15, 0.2) is 10.9 Å². The molecule has 0 fully saturated rings. The first kappa shape index (κ1) is 18.8. The lowest BCUT2D eigenvalue weighted by atomic mass is 10.0. The number of hydrogen-bond acceptors (Lipinski definition) is 5. The molecule has 2 heterocycles. The van der Waals surface area contributed by atoms with Crippen LogP contribution in [0.5, 0.6) is 0 Å². The molecule has 0 saturated heterocycles. The predicted octanol–water partition coefficient (Wildman–Crippen LogP) is 4.17. The maximum atomic E-state index is 12.1. The van der Waals surface area contributed by atoms with Crippen molar-refractivity contribution in [2.75, 3.05) is 11.9 Å². The maximum absolute atomic E-state index is 12.1. The molecule has 0 bridgehead atoms. The zero-order valence-electron chi connectivity index (χ0n) is 15.2. The van der Waals surface area contributed by atoms with Gasteiger partial charge in [0.1, 0.15) is 0 Å². The molecule has 0 unspecified atom stereocenters. The van der Waals surface area contributed by atoms with Gasteiger partial charge in [0, 0.05) is 23.9 Å². The maximum Gasteiger partial charge on any atom is 0.286 e. The molecule has 27 heavy (non-hydrogen) atoms. The fourth-order valence-corrected chi connectivity index (χ4v) is 3.32. The van der Waals surface area contributed by atoms with Crippen molar-refractivity contribution in [1.82, 2.24) is 10.3 Å². The third-order valence-corrected chi connectivity index (χ3v) is 4.79. The van der Waals surface area contributed by atoms with Crippen LogP contribution in [0.25, 0.3) is 11.3 Å². The molecule has 3 rings (SSSR count). The fourth-order valence-electron chi connectivity index (χ4n) is 2.59. The van der Waals surface area contributed by atoms with Gasteiger partial charge < -0.3 is 15.1 Å². The average molecular weight is 383 g/mol. The summed E-state index contributed by atoms with van der Waals surface area (Å²) in [5.41, 5.74) is 4.26. The van der Waals surface area contributed by atoms with Crippen LogP contribution in [0.4, 0.5) is 5.13 Å². The zero-order valence-corrected chi connectivity index (χ0v) is 16.1. The van der Waals surface area contributed by atoms with Crippen LogP contribution in [-0.2, 0) is 4.79 Å². The van der Waals surface area contributed by atoms with Crippen LogP contribution in [0.2, 0.25) is 0 Å². The van der Waals surface area contributed by atoms with Crippen molar-refractivity contribution in [3.63, 3.8) is 0 Å². The first-order chi connectivity index (χ1) is 13.0. The number of amides is 2. The molecule has 0 atom stereocenters. The molecule has 6 nitrogen and oxygen atoms in total. The normalized spacial score (nSPS) is 10.6. The summed E-state index contributed by atoms with van der Waals surface area (Å²) in [6.07, 6.45) is 2.28. The minimum Gasteiger partial charge on any atom is -0.459 e. The minimum absolute atomic E-state index is 0.121. The molecule has 0 aliphatic carbocycles. The van der Waals surface area contributed by atoms with Crippen LogP contribution in [0.15, 0.2) is 46.4 Å². The van der Waals surface area contributed by atoms with Crippen LogP contribution in [0, 0.1) is 13.8 Å². The summed E-state index contributed by atoms with van der Waals surface area (Å²) in [5, 5.41) is 8.06. The monoisotopic (exact) mass is 383 g/mol. The van der Waals surface area contributed by atoms with E-state index in [9.17, 15) is 9.59 Å². The van der Waals surface area contributed by atoms with Crippen molar-refractivity contribution in [2.24, 2.45) is 0 Å². The summed E-state index contributed by atoms with van der Waals surface area (Å²) < 4.78 is 5.01. The second kappa shape index (κ2) is 8.64. The van der Waals surface area contributed by atoms with Gasteiger partial charge in [0.05, 0.1) is 12.0 Å². The van der Waals surface area contributed by atoms with Crippen molar-refractivity contribution in [2.45, 2.75) is 26.7 Å². The number of carbonyl (C=O) groups is 2. The summed E-state index contributed by atoms with van der Waals surface area (Å²) in [7, 11) is 0. The Morgan fingerprint density at radius 3 is 2.85 bits per heavy atom. The minimum atomic E-state index is -0.279. The second-order valence-corrected chi connectivity index (χ2v) is 7.10. The Hall–Kier alpha value is -2.93. The van der Waals surface area contributed by atoms with E-state index in [1.807, 2.05) is 19.2 Å². The van der Waals surface area contributed by atoms with E-state index >= 15 is 0 Å². The average Bonchev–Trinajstić information content (AvgIpc) is 3.32. The first-order valence-corrected chi connectivity index (χ1v) is 9.55. The lowest BCUT2D eigenvalue weighted by Gasteiger charge is -2.05. The lowest BCUT2D eigenvalue weighted by Crippen LogP contribution is -2.25. The highest BCUT2D eigenvalue weighted by Gasteiger charge is 2.11. The van der Waals surface area contributed by atoms with Crippen molar-refractivity contribution in [3.05, 3.63) is 58.9 Å². The lowest BCUT2D eigenvalue weighted by molar-refractivity contribution is -0.116. The van der Waals surface area contributed by atoms with E-state index in [0.29, 0.717) is 24.5 Å². The van der Waals surface area contributed by atoms with E-state index in [2.05, 4.69) is 33.8 Å². The molecule has 0 spiro atoms. The summed E-state index contributed by atoms with van der Waals surface area (Å²) in [5.74, 6) is -0.135. The summed E-state index contributed by atoms with van der Waals surface area (Å²) in [4.78, 5) is 28.3. The summed E-state index contributed by atoms with van der Waals surface area (Å²) in [6, 6.07) is 9.48. The SMILES string of the molecule is Cc1ccc(C)c(-c2csc(NC(=O)CCCNC(=O)c3ccco3)n2)c1. The highest BCUT2D eigenvalue weighted by molar-refractivity contribution is 7.14. The quantitative estimate of drug-likeness (QED) is 0.600. The van der Waals surface area contributed by atoms with Gasteiger partial charge in [-0.3, -0.25) is 9.59 Å². The number of aromatic nitrogens is 1. The molecule has 140 valence electrons. The number of furan rings is 1. The molecule has 0 saturated carbocycles. The van der Waals surface area contributed by atoms with E-state index < -0.39 is 0 Å². The molecule has 2 aromatic heterocycles. The molecule has 7 heteroatoms. The standard InChI is InChI=1S/C20H21N3O3S/c1-13-7-8-14(2)15(11-13)16-12-27-20(22-16)23-18(24)6-3-9-21-19(25)17-5-4-10-26-17/h4-5,7-8,10-12H,3,6,9H2,1-2H3,(H,21,25)(H,22,23,24). The van der Waals surface area contributed by atoms with Gasteiger partial charge >= 0.3 is 0 Å². The Kier molecular flexibility index (Phi) is 6.03. The zero-order chi connectivity index (χ0) is 19.2. The molecule has 0 aliphatic heterocycles. The van der Waals surface area contributed by atoms with Crippen LogP contribution < -0.4 is 10.6 Å². The third kappa shape index (κ3) is 5.04. The highest BCUT2D eigenvalue weighted by Crippen LogP contribution is 2.28. The summed E-state index contributed by atoms with van der Waals surface area (Å²) >= 11 is 1.40. The van der Waals surface area contributed by atoms with Crippen LogP contribution in [0.1, 0.15) is 34.5 Å². The Bertz CT molecular complexity index is 932. The van der Waals surface area contributed by atoms with Gasteiger partial charge in [-0.15, -0.1) is 11.3 Å². The number of nitrogens with one attached hydrogen (secondary N) is 2. The number of thiazole rings is 1. The Labute approximate surface area is 161 Å². The molecule has 2 N–H and O–H groups in total. The number of rotatable bonds is 7. The van der Waals surface area contributed by atoms with E-state index in [-0.39, 0.29) is 17.6 Å². The molecule has 3 aromatic rings. The smallest absolute Gasteiger partial charge is 0.286 e. The number of anilines is 1. The predicted molar refractivity (Wildman–Crippen MR) is 106 cm³/mol. The van der Waals surface area contributed by atoms with E-state index in [1.54, 1.807) is 12.1 Å². The topological polar surface area (TPSA) is 84.2 Å². The molecule has 0 aliphatic rings. The largest absolute Gasteiger partial charge is 0.459 e. The van der Waals surface area contributed by atoms with E-state index in [1.165, 1.54) is 23.2 Å². The van der Waals surface area contributed by atoms with Gasteiger partial charge in [-0.2, -0.15) is 0 Å². The molecule has 0 radical (unpaired) electrons. The van der Waals surface area contributed by atoms with Gasteiger partial charge in [-0.25, -0.2) is 4.98 Å². The Morgan fingerprint density at radius 1 is 1.22 bits per heavy atom. The van der Waals surface area contributed by atoms with Gasteiger partial charge in [0.25, 0.3) is 5.91 Å². The number of hydrogen-bond donors (Lipinski definition) is 2. The number of aryl methyl sites for hydroxylation is 2. The first-order valence-electron chi connectivity index (χ1n) is 8.67. The van der Waals surface area contributed by atoms with Gasteiger partial charge in [-0.1, -0.05) is 17.7 Å². The summed E-state index contributed by atoms with van der Waals surface area (Å²) in [6.45, 7) is 4.49. The molecular formula is C20H21N3O3S. The highest BCUT2D eigenvalue weighted by atomic mass is 32.1. The van der Waals surface area contributed by atoms with Crippen LogP contribution in [-0.4, -0.2) is 23.3 Å². The molecular weight excluding hydrogens is 362 g/mol. The van der Waals surface area contributed by atoms with Crippen molar-refractivity contribution < 1.29 is 14.0 Å². The number of carbonyl (C=O) groups excluding carboxylic acids is 2. The van der Waals surface area contributed by atoms with Crippen molar-refractivity contribution in [3.8, 4) is 11.3 Å². The van der Waals surface area contributed by atoms with Crippen LogP contribution in [0.3, 0.4) is 0 Å². The Morgan fingerprint density at radius 2 is 2.07 bits per heavy atom. The Balaban J connectivity index is 1.47. The number of nitrogens with zero attached hydrogens (tertiary/aromatic N) is 1. The van der Waals surface area contributed by atoms with E-state index in [4.69, 9.17) is 4.42 Å². The third-order valence-electron chi connectivity index (χ3n) is 4.03.